The van der Waals surface area contributed by atoms with Gasteiger partial charge in [0.25, 0.3) is 5.91 Å². The molecule has 0 saturated heterocycles. The maximum Gasteiger partial charge on any atom is 0.272 e. The van der Waals surface area contributed by atoms with Crippen LogP contribution >= 0.6 is 11.3 Å². The van der Waals surface area contributed by atoms with Crippen molar-refractivity contribution in [3.05, 3.63) is 53.8 Å². The molecular weight excluding hydrogens is 272 g/mol. The molecule has 1 aromatic carbocycles. The van der Waals surface area contributed by atoms with E-state index in [1.165, 1.54) is 0 Å². The Kier molecular flexibility index (Phi) is 3.22. The van der Waals surface area contributed by atoms with Gasteiger partial charge in [0.1, 0.15) is 10.7 Å². The molecule has 100 valence electrons. The number of carbonyl (C=O) groups is 1. The summed E-state index contributed by atoms with van der Waals surface area (Å²) in [5.41, 5.74) is 8.24. The van der Waals surface area contributed by atoms with E-state index in [1.54, 1.807) is 29.8 Å². The summed E-state index contributed by atoms with van der Waals surface area (Å²) in [6.07, 6.45) is 3.34. The summed E-state index contributed by atoms with van der Waals surface area (Å²) in [5.74, 6) is -0.224. The third-order valence-corrected chi connectivity index (χ3v) is 3.57. The van der Waals surface area contributed by atoms with Crippen LogP contribution in [0.1, 0.15) is 10.5 Å². The second-order valence-corrected chi connectivity index (χ2v) is 5.11. The highest BCUT2D eigenvalue weighted by Gasteiger charge is 2.09. The SMILES string of the molecule is Nc1c[nH]c(C(=O)Nc2cccc(-c3nccs3)c2)c1. The number of nitrogen functional groups attached to an aromatic ring is 1. The van der Waals surface area contributed by atoms with E-state index in [4.69, 9.17) is 5.73 Å². The number of H-pyrrole nitrogens is 1. The Balaban J connectivity index is 1.81. The first-order chi connectivity index (χ1) is 9.72. The van der Waals surface area contributed by atoms with Crippen molar-refractivity contribution in [2.24, 2.45) is 0 Å². The Bertz CT molecular complexity index is 733. The molecule has 0 bridgehead atoms. The number of thiazole rings is 1. The van der Waals surface area contributed by atoms with Gasteiger partial charge in [-0.05, 0) is 18.2 Å². The van der Waals surface area contributed by atoms with Gasteiger partial charge in [0, 0.05) is 34.7 Å². The summed E-state index contributed by atoms with van der Waals surface area (Å²) in [6.45, 7) is 0. The Hall–Kier alpha value is -2.60. The lowest BCUT2D eigenvalue weighted by molar-refractivity contribution is 0.102. The molecule has 2 aromatic heterocycles. The van der Waals surface area contributed by atoms with E-state index < -0.39 is 0 Å². The quantitative estimate of drug-likeness (QED) is 0.691. The lowest BCUT2D eigenvalue weighted by atomic mass is 10.2. The fourth-order valence-electron chi connectivity index (χ4n) is 1.84. The third kappa shape index (κ3) is 2.55. The van der Waals surface area contributed by atoms with Crippen molar-refractivity contribution in [1.29, 1.82) is 0 Å². The zero-order valence-corrected chi connectivity index (χ0v) is 11.3. The van der Waals surface area contributed by atoms with Crippen molar-refractivity contribution in [3.8, 4) is 10.6 Å². The molecule has 0 aliphatic rings. The zero-order valence-electron chi connectivity index (χ0n) is 10.5. The average molecular weight is 284 g/mol. The van der Waals surface area contributed by atoms with E-state index in [-0.39, 0.29) is 5.91 Å². The topological polar surface area (TPSA) is 83.8 Å². The van der Waals surface area contributed by atoms with Crippen LogP contribution < -0.4 is 11.1 Å². The first-order valence-corrected chi connectivity index (χ1v) is 6.85. The van der Waals surface area contributed by atoms with Gasteiger partial charge in [0.2, 0.25) is 0 Å². The number of hydrogen-bond donors (Lipinski definition) is 3. The normalized spacial score (nSPS) is 10.4. The summed E-state index contributed by atoms with van der Waals surface area (Å²) in [6, 6.07) is 9.17. The highest BCUT2D eigenvalue weighted by atomic mass is 32.1. The van der Waals surface area contributed by atoms with Gasteiger partial charge in [0.15, 0.2) is 0 Å². The fraction of sp³-hybridized carbons (Fsp3) is 0. The van der Waals surface area contributed by atoms with E-state index in [0.29, 0.717) is 11.4 Å². The van der Waals surface area contributed by atoms with E-state index in [0.717, 1.165) is 16.3 Å². The predicted octanol–water partition coefficient (Wildman–Crippen LogP) is 2.97. The average Bonchev–Trinajstić information content (AvgIpc) is 3.10. The van der Waals surface area contributed by atoms with Gasteiger partial charge in [-0.25, -0.2) is 4.98 Å². The first-order valence-electron chi connectivity index (χ1n) is 5.97. The Morgan fingerprint density at radius 1 is 1.35 bits per heavy atom. The van der Waals surface area contributed by atoms with Gasteiger partial charge in [-0.1, -0.05) is 12.1 Å². The summed E-state index contributed by atoms with van der Waals surface area (Å²) < 4.78 is 0. The molecule has 0 fully saturated rings. The maximum atomic E-state index is 12.0. The van der Waals surface area contributed by atoms with Crippen LogP contribution in [0.25, 0.3) is 10.6 Å². The molecule has 0 aliphatic carbocycles. The van der Waals surface area contributed by atoms with E-state index in [1.807, 2.05) is 29.6 Å². The molecule has 3 rings (SSSR count). The monoisotopic (exact) mass is 284 g/mol. The van der Waals surface area contributed by atoms with Crippen molar-refractivity contribution >= 4 is 28.6 Å². The van der Waals surface area contributed by atoms with E-state index >= 15 is 0 Å². The van der Waals surface area contributed by atoms with Crippen molar-refractivity contribution < 1.29 is 4.79 Å². The molecule has 0 unspecified atom stereocenters. The van der Waals surface area contributed by atoms with Gasteiger partial charge >= 0.3 is 0 Å². The van der Waals surface area contributed by atoms with Crippen LogP contribution in [0.4, 0.5) is 11.4 Å². The molecule has 1 amide bonds. The molecule has 2 heterocycles. The van der Waals surface area contributed by atoms with Crippen molar-refractivity contribution in [2.75, 3.05) is 11.1 Å². The number of nitrogens with one attached hydrogen (secondary N) is 2. The summed E-state index contributed by atoms with van der Waals surface area (Å²) in [4.78, 5) is 19.1. The molecule has 3 aromatic rings. The minimum Gasteiger partial charge on any atom is -0.397 e. The van der Waals surface area contributed by atoms with Crippen LogP contribution in [-0.2, 0) is 0 Å². The number of nitrogens with zero attached hydrogens (tertiary/aromatic N) is 1. The molecule has 6 heteroatoms. The minimum absolute atomic E-state index is 0.224. The second kappa shape index (κ2) is 5.18. The summed E-state index contributed by atoms with van der Waals surface area (Å²) in [5, 5.41) is 5.67. The minimum atomic E-state index is -0.224. The van der Waals surface area contributed by atoms with Crippen LogP contribution in [-0.4, -0.2) is 15.9 Å². The number of nitrogens with two attached hydrogens (primary N) is 1. The van der Waals surface area contributed by atoms with Gasteiger partial charge in [0.05, 0.1) is 0 Å². The number of amides is 1. The molecule has 0 aliphatic heterocycles. The molecule has 20 heavy (non-hydrogen) atoms. The van der Waals surface area contributed by atoms with Gasteiger partial charge < -0.3 is 16.0 Å². The molecule has 5 nitrogen and oxygen atoms in total. The zero-order chi connectivity index (χ0) is 13.9. The maximum absolute atomic E-state index is 12.0. The number of anilines is 2. The largest absolute Gasteiger partial charge is 0.397 e. The number of aromatic nitrogens is 2. The van der Waals surface area contributed by atoms with Crippen molar-refractivity contribution in [2.45, 2.75) is 0 Å². The first kappa shape index (κ1) is 12.4. The van der Waals surface area contributed by atoms with Crippen LogP contribution in [0.15, 0.2) is 48.1 Å². The molecular formula is C14H12N4OS. The number of carbonyl (C=O) groups excluding carboxylic acids is 1. The Labute approximate surface area is 119 Å². The molecule has 0 radical (unpaired) electrons. The summed E-state index contributed by atoms with van der Waals surface area (Å²) in [7, 11) is 0. The second-order valence-electron chi connectivity index (χ2n) is 4.22. The third-order valence-electron chi connectivity index (χ3n) is 2.75. The van der Waals surface area contributed by atoms with Crippen LogP contribution in [0, 0.1) is 0 Å². The number of hydrogen-bond acceptors (Lipinski definition) is 4. The molecule has 0 atom stereocenters. The fourth-order valence-corrected chi connectivity index (χ4v) is 2.47. The lowest BCUT2D eigenvalue weighted by Gasteiger charge is -2.05. The van der Waals surface area contributed by atoms with Crippen LogP contribution in [0.3, 0.4) is 0 Å². The van der Waals surface area contributed by atoms with Crippen molar-refractivity contribution in [1.82, 2.24) is 9.97 Å². The van der Waals surface area contributed by atoms with Crippen molar-refractivity contribution in [3.63, 3.8) is 0 Å². The lowest BCUT2D eigenvalue weighted by Crippen LogP contribution is -2.12. The number of aromatic amines is 1. The highest BCUT2D eigenvalue weighted by Crippen LogP contribution is 2.24. The highest BCUT2D eigenvalue weighted by molar-refractivity contribution is 7.13. The van der Waals surface area contributed by atoms with Gasteiger partial charge in [-0.3, -0.25) is 4.79 Å². The van der Waals surface area contributed by atoms with Gasteiger partial charge in [-0.15, -0.1) is 11.3 Å². The number of benzene rings is 1. The molecule has 0 spiro atoms. The smallest absolute Gasteiger partial charge is 0.272 e. The summed E-state index contributed by atoms with van der Waals surface area (Å²) >= 11 is 1.56. The molecule has 4 N–H and O–H groups in total. The van der Waals surface area contributed by atoms with Crippen LogP contribution in [0.2, 0.25) is 0 Å². The Morgan fingerprint density at radius 2 is 2.25 bits per heavy atom. The van der Waals surface area contributed by atoms with E-state index in [2.05, 4.69) is 15.3 Å². The van der Waals surface area contributed by atoms with Gasteiger partial charge in [-0.2, -0.15) is 0 Å². The Morgan fingerprint density at radius 3 is 2.95 bits per heavy atom. The van der Waals surface area contributed by atoms with E-state index in [9.17, 15) is 4.79 Å². The predicted molar refractivity (Wildman–Crippen MR) is 80.7 cm³/mol. The molecule has 0 saturated carbocycles. The number of rotatable bonds is 3. The standard InChI is InChI=1S/C14H12N4OS/c15-10-7-12(17-8-10)13(19)18-11-3-1-2-9(6-11)14-16-4-5-20-14/h1-8,17H,15H2,(H,18,19). The van der Waals surface area contributed by atoms with Crippen LogP contribution in [0.5, 0.6) is 0 Å².